The molecule has 0 saturated carbocycles. The van der Waals surface area contributed by atoms with Crippen molar-refractivity contribution in [3.63, 3.8) is 0 Å². The maximum atomic E-state index is 6.40. The Labute approximate surface area is 334 Å². The molecule has 4 heterocycles. The monoisotopic (exact) mass is 745 g/mol. The summed E-state index contributed by atoms with van der Waals surface area (Å²) in [5.74, 6) is 2.69. The number of nitrogens with zero attached hydrogens (tertiary/aromatic N) is 5. The average molecular weight is 746 g/mol. The van der Waals surface area contributed by atoms with Crippen molar-refractivity contribution in [2.45, 2.75) is 19.8 Å². The summed E-state index contributed by atoms with van der Waals surface area (Å²) < 4.78 is 11.0. The van der Waals surface area contributed by atoms with Crippen molar-refractivity contribution in [3.05, 3.63) is 181 Å². The van der Waals surface area contributed by atoms with Crippen LogP contribution >= 0.6 is 0 Å². The van der Waals surface area contributed by atoms with Gasteiger partial charge in [0.2, 0.25) is 5.95 Å². The molecule has 1 aliphatic carbocycles. The maximum absolute atomic E-state index is 6.40. The quantitative estimate of drug-likeness (QED) is 0.176. The van der Waals surface area contributed by atoms with E-state index in [1.165, 1.54) is 27.5 Å². The Kier molecular flexibility index (Phi) is 7.17. The minimum absolute atomic E-state index is 0.559. The Hall–Kier alpha value is -7.57. The van der Waals surface area contributed by atoms with Gasteiger partial charge in [0, 0.05) is 49.3 Å². The largest absolute Gasteiger partial charge is 0.456 e. The van der Waals surface area contributed by atoms with Gasteiger partial charge in [-0.25, -0.2) is 4.98 Å². The van der Waals surface area contributed by atoms with Crippen LogP contribution in [0.1, 0.15) is 23.3 Å². The second-order valence-corrected chi connectivity index (χ2v) is 15.2. The summed E-state index contributed by atoms with van der Waals surface area (Å²) in [6.45, 7) is 2.15. The van der Waals surface area contributed by atoms with E-state index in [9.17, 15) is 0 Å². The molecule has 0 saturated heterocycles. The van der Waals surface area contributed by atoms with E-state index >= 15 is 0 Å². The van der Waals surface area contributed by atoms with Crippen molar-refractivity contribution < 1.29 is 4.42 Å². The fraction of sp³-hybridized carbons (Fsp3) is 0.0577. The van der Waals surface area contributed by atoms with E-state index in [1.807, 2.05) is 6.07 Å². The number of hydrogen-bond donors (Lipinski definition) is 0. The van der Waals surface area contributed by atoms with Crippen molar-refractivity contribution in [2.75, 3.05) is 0 Å². The number of fused-ring (bicyclic) bond motifs is 9. The molecule has 6 heteroatoms. The molecule has 0 bridgehead atoms. The van der Waals surface area contributed by atoms with Gasteiger partial charge in [0.1, 0.15) is 11.3 Å². The van der Waals surface area contributed by atoms with Crippen LogP contribution in [0.4, 0.5) is 0 Å². The average Bonchev–Trinajstić information content (AvgIpc) is 3.93. The van der Waals surface area contributed by atoms with E-state index < -0.39 is 0 Å². The van der Waals surface area contributed by atoms with Gasteiger partial charge in [-0.15, -0.1) is 0 Å². The van der Waals surface area contributed by atoms with E-state index in [1.54, 1.807) is 0 Å². The first-order chi connectivity index (χ1) is 28.7. The van der Waals surface area contributed by atoms with Gasteiger partial charge >= 0.3 is 0 Å². The van der Waals surface area contributed by atoms with Crippen molar-refractivity contribution in [3.8, 4) is 45.5 Å². The predicted octanol–water partition coefficient (Wildman–Crippen LogP) is 13.1. The third-order valence-electron chi connectivity index (χ3n) is 11.8. The van der Waals surface area contributed by atoms with Gasteiger partial charge in [-0.2, -0.15) is 9.97 Å². The lowest BCUT2D eigenvalue weighted by Crippen LogP contribution is -2.06. The van der Waals surface area contributed by atoms with E-state index in [0.717, 1.165) is 84.8 Å². The molecule has 1 aliphatic rings. The summed E-state index contributed by atoms with van der Waals surface area (Å²) in [6, 6.07) is 55.9. The highest BCUT2D eigenvalue weighted by atomic mass is 16.3. The Morgan fingerprint density at radius 3 is 1.84 bits per heavy atom. The molecule has 12 rings (SSSR count). The van der Waals surface area contributed by atoms with Crippen LogP contribution < -0.4 is 0 Å². The fourth-order valence-electron chi connectivity index (χ4n) is 9.09. The molecule has 0 amide bonds. The molecule has 0 N–H and O–H groups in total. The molecule has 0 unspecified atom stereocenters. The van der Waals surface area contributed by atoms with E-state index in [4.69, 9.17) is 19.4 Å². The molecular weight excluding hydrogens is 711 g/mol. The fourth-order valence-corrected chi connectivity index (χ4v) is 9.09. The molecule has 6 nitrogen and oxygen atoms in total. The first kappa shape index (κ1) is 32.7. The van der Waals surface area contributed by atoms with E-state index in [0.29, 0.717) is 17.6 Å². The normalized spacial score (nSPS) is 12.7. The number of furan rings is 1. The lowest BCUT2D eigenvalue weighted by atomic mass is 9.98. The van der Waals surface area contributed by atoms with Crippen LogP contribution in [0.5, 0.6) is 0 Å². The summed E-state index contributed by atoms with van der Waals surface area (Å²) in [6.07, 6.45) is 6.27. The molecule has 0 radical (unpaired) electrons. The lowest BCUT2D eigenvalue weighted by Gasteiger charge is -2.13. The summed E-state index contributed by atoms with van der Waals surface area (Å²) in [5.41, 5.74) is 12.9. The molecule has 0 atom stereocenters. The maximum Gasteiger partial charge on any atom is 0.238 e. The summed E-state index contributed by atoms with van der Waals surface area (Å²) in [5, 5.41) is 5.76. The molecule has 4 aromatic heterocycles. The topological polar surface area (TPSA) is 61.7 Å². The lowest BCUT2D eigenvalue weighted by molar-refractivity contribution is 0.595. The zero-order chi connectivity index (χ0) is 38.3. The Balaban J connectivity index is 1.12. The second-order valence-electron chi connectivity index (χ2n) is 15.2. The number of allylic oxidation sites excluding steroid dienone is 1. The van der Waals surface area contributed by atoms with Crippen molar-refractivity contribution in [2.24, 2.45) is 0 Å². The molecule has 0 fully saturated rings. The Bertz CT molecular complexity index is 3460. The summed E-state index contributed by atoms with van der Waals surface area (Å²) in [7, 11) is 0. The van der Waals surface area contributed by atoms with Crippen LogP contribution in [0.2, 0.25) is 0 Å². The number of benzene rings is 7. The van der Waals surface area contributed by atoms with Crippen LogP contribution in [-0.4, -0.2) is 24.1 Å². The van der Waals surface area contributed by atoms with Gasteiger partial charge in [0.25, 0.3) is 0 Å². The van der Waals surface area contributed by atoms with E-state index in [-0.39, 0.29) is 0 Å². The minimum Gasteiger partial charge on any atom is -0.456 e. The number of para-hydroxylation sites is 3. The predicted molar refractivity (Wildman–Crippen MR) is 237 cm³/mol. The molecule has 0 spiro atoms. The smallest absolute Gasteiger partial charge is 0.238 e. The third kappa shape index (κ3) is 5.01. The zero-order valence-corrected chi connectivity index (χ0v) is 31.7. The first-order valence-corrected chi connectivity index (χ1v) is 19.8. The summed E-state index contributed by atoms with van der Waals surface area (Å²) in [4.78, 5) is 15.9. The van der Waals surface area contributed by atoms with Gasteiger partial charge in [0.15, 0.2) is 11.6 Å². The number of aryl methyl sites for hydroxylation is 2. The van der Waals surface area contributed by atoms with Gasteiger partial charge in [-0.3, -0.25) is 4.57 Å². The first-order valence-electron chi connectivity index (χ1n) is 19.8. The van der Waals surface area contributed by atoms with Crippen molar-refractivity contribution in [1.29, 1.82) is 0 Å². The van der Waals surface area contributed by atoms with Crippen LogP contribution in [0.3, 0.4) is 0 Å². The Morgan fingerprint density at radius 2 is 1.12 bits per heavy atom. The minimum atomic E-state index is 0.559. The third-order valence-corrected chi connectivity index (χ3v) is 11.8. The zero-order valence-electron chi connectivity index (χ0n) is 31.7. The second kappa shape index (κ2) is 12.7. The number of hydrogen-bond acceptors (Lipinski definition) is 4. The molecular formula is C52H35N5O. The van der Waals surface area contributed by atoms with Gasteiger partial charge in [0.05, 0.1) is 22.1 Å². The molecule has 274 valence electrons. The van der Waals surface area contributed by atoms with Gasteiger partial charge < -0.3 is 8.98 Å². The van der Waals surface area contributed by atoms with Crippen LogP contribution in [0, 0.1) is 6.92 Å². The Morgan fingerprint density at radius 1 is 0.500 bits per heavy atom. The highest BCUT2D eigenvalue weighted by molar-refractivity contribution is 6.19. The van der Waals surface area contributed by atoms with Crippen LogP contribution in [0.25, 0.3) is 106 Å². The molecule has 58 heavy (non-hydrogen) atoms. The van der Waals surface area contributed by atoms with Gasteiger partial charge in [-0.05, 0) is 91.1 Å². The van der Waals surface area contributed by atoms with Crippen LogP contribution in [0.15, 0.2) is 168 Å². The molecule has 7 aromatic carbocycles. The highest BCUT2D eigenvalue weighted by Gasteiger charge is 2.22. The van der Waals surface area contributed by atoms with Gasteiger partial charge in [-0.1, -0.05) is 115 Å². The number of rotatable bonds is 5. The summed E-state index contributed by atoms with van der Waals surface area (Å²) >= 11 is 0. The molecule has 0 aliphatic heterocycles. The highest BCUT2D eigenvalue weighted by Crippen LogP contribution is 2.40. The van der Waals surface area contributed by atoms with Crippen molar-refractivity contribution in [1.82, 2.24) is 24.1 Å². The molecule has 11 aromatic rings. The SMILES string of the molecule is Cc1cc(-c2nc(-c3ccc4c5c(oc4c3)C=CCC5)nc(-n3c4ccccc4c4cc5c(cc43)c3ccccc3n5-c3ccccc3)n2)ccc1-c1ccccc1. The van der Waals surface area contributed by atoms with Crippen molar-refractivity contribution >= 4 is 60.7 Å². The van der Waals surface area contributed by atoms with E-state index in [2.05, 4.69) is 180 Å². The standard InChI is InChI=1S/C52H35N5O/c1-32-28-34(24-26-37(32)33-14-4-2-5-15-33)50-53-51(35-25-27-41-40-20-10-13-23-48(40)58-49(41)29-35)55-52(54-50)57-45-22-12-9-19-39(45)43-30-46-42(31-47(43)57)38-18-8-11-21-44(38)56(46)36-16-6-3-7-17-36/h2-9,11-19,21-31H,10,20H2,1H3. The number of aromatic nitrogens is 5. The van der Waals surface area contributed by atoms with Crippen LogP contribution in [-0.2, 0) is 6.42 Å².